The van der Waals surface area contributed by atoms with E-state index in [1.807, 2.05) is 32.0 Å². The van der Waals surface area contributed by atoms with E-state index in [1.165, 1.54) is 42.5 Å². The highest BCUT2D eigenvalue weighted by Gasteiger charge is 2.24. The maximum atomic E-state index is 12.4. The van der Waals surface area contributed by atoms with Crippen molar-refractivity contribution in [2.75, 3.05) is 79.5 Å². The molecule has 4 N–H and O–H groups in total. The van der Waals surface area contributed by atoms with Crippen LogP contribution in [0.2, 0.25) is 5.02 Å². The van der Waals surface area contributed by atoms with Crippen LogP contribution in [0.1, 0.15) is 68.9 Å². The molecule has 2 aliphatic heterocycles. The second-order valence-electron chi connectivity index (χ2n) is 19.1. The number of hydrogen-bond acceptors (Lipinski definition) is 20. The van der Waals surface area contributed by atoms with E-state index in [2.05, 4.69) is 46.6 Å². The first-order chi connectivity index (χ1) is 38.5. The molecule has 10 heterocycles. The molecule has 8 aromatic rings. The first-order valence-electron chi connectivity index (χ1n) is 25.3. The van der Waals surface area contributed by atoms with Crippen LogP contribution in [0.15, 0.2) is 82.2 Å². The summed E-state index contributed by atoms with van der Waals surface area (Å²) >= 11 is 6.27. The fourth-order valence-electron chi connectivity index (χ4n) is 8.72. The van der Waals surface area contributed by atoms with Gasteiger partial charge in [0.1, 0.15) is 46.1 Å². The molecular weight excluding hydrogens is 1050 g/mol. The number of nitrogens with zero attached hydrogens (tertiary/aromatic N) is 10. The number of rotatable bonds is 12. The Morgan fingerprint density at radius 3 is 1.60 bits per heavy atom. The summed E-state index contributed by atoms with van der Waals surface area (Å²) in [6, 6.07) is 18.4. The SMILES string of the molecule is COc1cc(C(=O)N(C)C)cnc1-c1cc2ncc(C)c(-c3ccc(NC4CCOCC4)c(C#N)n3)c2o1.COc1cc(C(=O)N(C)C)cnc1-c1cc2ncc(C)c(Cl)c2o1.N#Cc1nc(B(O)O)ccc1NC1CCOCC1. The fraction of sp³-hybridized carbons (Fsp3) is 0.321. The zero-order valence-corrected chi connectivity index (χ0v) is 46.1. The smallest absolute Gasteiger partial charge is 0.494 e. The minimum atomic E-state index is -1.66. The van der Waals surface area contributed by atoms with E-state index < -0.39 is 7.12 Å². The molecule has 0 atom stereocenters. The number of aryl methyl sites for hydroxylation is 2. The second-order valence-corrected chi connectivity index (χ2v) is 19.4. The van der Waals surface area contributed by atoms with Gasteiger partial charge in [-0.2, -0.15) is 10.5 Å². The number of halogens is 1. The number of anilines is 2. The number of furan rings is 2. The lowest BCUT2D eigenvalue weighted by atomic mass is 9.85. The van der Waals surface area contributed by atoms with Gasteiger partial charge in [-0.25, -0.2) is 19.9 Å². The summed E-state index contributed by atoms with van der Waals surface area (Å²) < 4.78 is 33.7. The lowest BCUT2D eigenvalue weighted by molar-refractivity contribution is 0.0819. The Morgan fingerprint density at radius 1 is 0.662 bits per heavy atom. The van der Waals surface area contributed by atoms with Gasteiger partial charge in [0, 0.05) is 109 Å². The van der Waals surface area contributed by atoms with E-state index in [9.17, 15) is 14.9 Å². The number of carbonyl (C=O) groups excluding carboxylic acids is 2. The van der Waals surface area contributed by atoms with Gasteiger partial charge in [-0.05, 0) is 87.1 Å². The zero-order chi connectivity index (χ0) is 57.2. The molecule has 22 nitrogen and oxygen atoms in total. The number of carbonyl (C=O) groups is 2. The molecule has 0 aliphatic carbocycles. The van der Waals surface area contributed by atoms with Crippen LogP contribution < -0.4 is 25.7 Å². The quantitative estimate of drug-likeness (QED) is 0.0878. The molecule has 10 rings (SSSR count). The van der Waals surface area contributed by atoms with Gasteiger partial charge in [-0.15, -0.1) is 0 Å². The van der Waals surface area contributed by atoms with Gasteiger partial charge >= 0.3 is 7.12 Å². The standard InChI is InChI=1S/C28H28N6O4.C17H16ClN3O3.C11H14BN3O3/c1-16-14-30-21-12-24(26-23(36-4)11-17(15-31-26)28(35)34(2)3)38-27(21)25(16)20-6-5-19(22(13-29)33-20)32-18-7-9-37-10-8-18;1-9-7-19-11-6-13(24-16(11)14(9)18)15-12(23-4)5-10(8-20-15)17(22)21(2)3;13-7-10-9(1-2-11(15-10)12(16)17)14-8-3-5-18-6-4-8/h5-6,11-12,14-15,18,32H,7-10H2,1-4H3;5-8H,1-4H3;1-2,8,14,16-17H,3-6H2. The van der Waals surface area contributed by atoms with E-state index in [1.54, 1.807) is 70.9 Å². The topological polar surface area (TPSA) is 293 Å². The Bertz CT molecular complexity index is 3640. The van der Waals surface area contributed by atoms with Gasteiger partial charge < -0.3 is 58.3 Å². The lowest BCUT2D eigenvalue weighted by Gasteiger charge is -2.24. The van der Waals surface area contributed by atoms with Crippen LogP contribution in [0.3, 0.4) is 0 Å². The van der Waals surface area contributed by atoms with Crippen molar-refractivity contribution in [3.63, 3.8) is 0 Å². The van der Waals surface area contributed by atoms with Gasteiger partial charge in [-0.3, -0.25) is 19.6 Å². The highest BCUT2D eigenvalue weighted by molar-refractivity contribution is 6.57. The van der Waals surface area contributed by atoms with Crippen molar-refractivity contribution in [2.45, 2.75) is 51.6 Å². The van der Waals surface area contributed by atoms with E-state index in [-0.39, 0.29) is 35.2 Å². The summed E-state index contributed by atoms with van der Waals surface area (Å²) in [5, 5.41) is 44.1. The minimum absolute atomic E-state index is 0.0732. The Morgan fingerprint density at radius 2 is 1.12 bits per heavy atom. The van der Waals surface area contributed by atoms with Crippen molar-refractivity contribution < 1.29 is 47.4 Å². The lowest BCUT2D eigenvalue weighted by Crippen LogP contribution is -2.34. The zero-order valence-electron chi connectivity index (χ0n) is 45.3. The maximum Gasteiger partial charge on any atom is 0.508 e. The molecule has 2 aliphatic rings. The molecule has 80 heavy (non-hydrogen) atoms. The fourth-order valence-corrected chi connectivity index (χ4v) is 8.90. The summed E-state index contributed by atoms with van der Waals surface area (Å²) in [6.45, 7) is 6.60. The third-order valence-corrected chi connectivity index (χ3v) is 13.5. The third-order valence-electron chi connectivity index (χ3n) is 13.0. The molecule has 2 saturated heterocycles. The Hall–Kier alpha value is -8.71. The summed E-state index contributed by atoms with van der Waals surface area (Å²) in [6.07, 6.45) is 9.97. The van der Waals surface area contributed by atoms with Crippen LogP contribution in [-0.4, -0.2) is 150 Å². The highest BCUT2D eigenvalue weighted by Crippen LogP contribution is 2.39. The van der Waals surface area contributed by atoms with E-state index >= 15 is 0 Å². The molecule has 2 amide bonds. The summed E-state index contributed by atoms with van der Waals surface area (Å²) in [4.78, 5) is 53.6. The normalized spacial score (nSPS) is 13.4. The number of hydrogen-bond donors (Lipinski definition) is 4. The monoisotopic (exact) mass is 1100 g/mol. The molecule has 0 bridgehead atoms. The van der Waals surface area contributed by atoms with Gasteiger partial charge in [0.2, 0.25) is 0 Å². The summed E-state index contributed by atoms with van der Waals surface area (Å²) in [5.41, 5.74) is 8.97. The number of aromatic nitrogens is 6. The summed E-state index contributed by atoms with van der Waals surface area (Å²) in [5.74, 6) is 1.43. The number of amides is 2. The van der Waals surface area contributed by atoms with Gasteiger partial charge in [-0.1, -0.05) is 11.6 Å². The van der Waals surface area contributed by atoms with Crippen LogP contribution in [0, 0.1) is 36.5 Å². The molecule has 0 unspecified atom stereocenters. The largest absolute Gasteiger partial charge is 0.508 e. The van der Waals surface area contributed by atoms with Crippen LogP contribution in [0.4, 0.5) is 11.4 Å². The number of methoxy groups -OCH3 is 2. The van der Waals surface area contributed by atoms with Crippen molar-refractivity contribution in [2.24, 2.45) is 0 Å². The maximum absolute atomic E-state index is 12.4. The molecule has 0 saturated carbocycles. The molecule has 2 fully saturated rings. The van der Waals surface area contributed by atoms with E-state index in [0.29, 0.717) is 122 Å². The molecule has 8 aromatic heterocycles. The Labute approximate surface area is 466 Å². The van der Waals surface area contributed by atoms with Gasteiger partial charge in [0.15, 0.2) is 34.1 Å². The van der Waals surface area contributed by atoms with Crippen LogP contribution >= 0.6 is 11.6 Å². The number of nitrogens with one attached hydrogen (secondary N) is 2. The molecule has 0 spiro atoms. The second kappa shape index (κ2) is 25.8. The van der Waals surface area contributed by atoms with E-state index in [0.717, 1.165) is 42.4 Å². The minimum Gasteiger partial charge on any atom is -0.494 e. The van der Waals surface area contributed by atoms with Crippen LogP contribution in [-0.2, 0) is 9.47 Å². The Balaban J connectivity index is 0.000000171. The van der Waals surface area contributed by atoms with Crippen molar-refractivity contribution in [3.05, 3.63) is 112 Å². The average Bonchev–Trinajstić information content (AvgIpc) is 4.21. The van der Waals surface area contributed by atoms with Crippen molar-refractivity contribution in [1.82, 2.24) is 39.7 Å². The molecule has 24 heteroatoms. The van der Waals surface area contributed by atoms with Crippen molar-refractivity contribution in [3.8, 4) is 57.8 Å². The third kappa shape index (κ3) is 13.1. The van der Waals surface area contributed by atoms with Gasteiger partial charge in [0.25, 0.3) is 11.8 Å². The predicted molar refractivity (Wildman–Crippen MR) is 300 cm³/mol. The summed E-state index contributed by atoms with van der Waals surface area (Å²) in [7, 11) is 8.09. The van der Waals surface area contributed by atoms with Gasteiger partial charge in [0.05, 0.1) is 53.0 Å². The van der Waals surface area contributed by atoms with Crippen molar-refractivity contribution >= 4 is 69.7 Å². The first kappa shape index (κ1) is 57.5. The Kier molecular flexibility index (Phi) is 18.6. The number of nitriles is 2. The number of fused-ring (bicyclic) bond motifs is 2. The van der Waals surface area contributed by atoms with Crippen LogP contribution in [0.25, 0.3) is 56.4 Å². The highest BCUT2D eigenvalue weighted by atomic mass is 35.5. The molecular formula is C56H58BClN12O10. The average molecular weight is 1110 g/mol. The molecule has 0 radical (unpaired) electrons. The number of pyridine rings is 6. The molecule has 412 valence electrons. The molecule has 0 aromatic carbocycles. The predicted octanol–water partition coefficient (Wildman–Crippen LogP) is 7.22. The van der Waals surface area contributed by atoms with E-state index in [4.69, 9.17) is 54.7 Å². The van der Waals surface area contributed by atoms with Crippen LogP contribution in [0.5, 0.6) is 11.5 Å². The first-order valence-corrected chi connectivity index (χ1v) is 25.7. The van der Waals surface area contributed by atoms with Crippen molar-refractivity contribution in [1.29, 1.82) is 10.5 Å². The number of ether oxygens (including phenoxy) is 4.